The number of likely N-dealkylation sites (N-methyl/N-ethyl adjacent to an activating group) is 1. The third-order valence-electron chi connectivity index (χ3n) is 3.15. The van der Waals surface area contributed by atoms with Crippen LogP contribution in [0.4, 0.5) is 5.69 Å². The molecule has 106 valence electrons. The minimum absolute atomic E-state index is 0.143. The molecule has 0 spiro atoms. The van der Waals surface area contributed by atoms with Crippen molar-refractivity contribution in [1.82, 2.24) is 15.1 Å². The van der Waals surface area contributed by atoms with Gasteiger partial charge in [0.1, 0.15) is 0 Å². The zero-order valence-corrected chi connectivity index (χ0v) is 12.4. The largest absolute Gasteiger partial charge is 0.323 e. The van der Waals surface area contributed by atoms with Gasteiger partial charge in [0.25, 0.3) is 0 Å². The zero-order valence-electron chi connectivity index (χ0n) is 11.6. The lowest BCUT2D eigenvalue weighted by Crippen LogP contribution is -2.48. The van der Waals surface area contributed by atoms with Gasteiger partial charge in [-0.1, -0.05) is 11.6 Å². The van der Waals surface area contributed by atoms with Crippen molar-refractivity contribution < 1.29 is 4.79 Å². The van der Waals surface area contributed by atoms with Crippen LogP contribution >= 0.6 is 11.6 Å². The Morgan fingerprint density at radius 3 is 2.75 bits per heavy atom. The van der Waals surface area contributed by atoms with Gasteiger partial charge in [0.15, 0.2) is 0 Å². The summed E-state index contributed by atoms with van der Waals surface area (Å²) in [6.45, 7) is 3.61. The first-order chi connectivity index (χ1) is 9.44. The van der Waals surface area contributed by atoms with Crippen LogP contribution < -0.4 is 10.6 Å². The van der Waals surface area contributed by atoms with Crippen LogP contribution in [0, 0.1) is 0 Å². The fraction of sp³-hybridized carbons (Fsp3) is 0.286. The Kier molecular flexibility index (Phi) is 4.11. The smallest absolute Gasteiger partial charge is 0.244 e. The fourth-order valence-corrected chi connectivity index (χ4v) is 1.78. The standard InChI is InChI=1S/C14H17ClN4O/c1-14(2,16-3)13(20)18-11-9-10(15)5-6-12(11)19-8-4-7-17-19/h4-9,16H,1-3H3,(H,18,20). The van der Waals surface area contributed by atoms with E-state index in [4.69, 9.17) is 11.6 Å². The molecule has 0 unspecified atom stereocenters. The highest BCUT2D eigenvalue weighted by molar-refractivity contribution is 6.31. The van der Waals surface area contributed by atoms with E-state index in [0.717, 1.165) is 5.69 Å². The van der Waals surface area contributed by atoms with Crippen LogP contribution in [0.5, 0.6) is 0 Å². The Bertz CT molecular complexity index is 608. The molecule has 6 heteroatoms. The minimum Gasteiger partial charge on any atom is -0.323 e. The molecule has 0 aliphatic heterocycles. The molecule has 2 aromatic rings. The Balaban J connectivity index is 2.36. The first-order valence-corrected chi connectivity index (χ1v) is 6.62. The Labute approximate surface area is 122 Å². The number of carbonyl (C=O) groups is 1. The molecule has 0 saturated heterocycles. The van der Waals surface area contributed by atoms with Crippen molar-refractivity contribution in [2.45, 2.75) is 19.4 Å². The third-order valence-corrected chi connectivity index (χ3v) is 3.39. The molecule has 5 nitrogen and oxygen atoms in total. The summed E-state index contributed by atoms with van der Waals surface area (Å²) in [7, 11) is 1.74. The van der Waals surface area contributed by atoms with E-state index >= 15 is 0 Å². The third kappa shape index (κ3) is 3.00. The number of hydrogen-bond donors (Lipinski definition) is 2. The number of carbonyl (C=O) groups excluding carboxylic acids is 1. The molecule has 1 aromatic carbocycles. The molecule has 0 bridgehead atoms. The molecule has 0 aliphatic carbocycles. The number of nitrogens with zero attached hydrogens (tertiary/aromatic N) is 2. The van der Waals surface area contributed by atoms with E-state index in [1.165, 1.54) is 0 Å². The number of amides is 1. The van der Waals surface area contributed by atoms with Crippen molar-refractivity contribution in [2.75, 3.05) is 12.4 Å². The average Bonchev–Trinajstić information content (AvgIpc) is 2.92. The van der Waals surface area contributed by atoms with Gasteiger partial charge in [-0.2, -0.15) is 5.10 Å². The first kappa shape index (κ1) is 14.6. The molecule has 0 fully saturated rings. The zero-order chi connectivity index (χ0) is 14.8. The van der Waals surface area contributed by atoms with Crippen molar-refractivity contribution in [3.8, 4) is 5.69 Å². The highest BCUT2D eigenvalue weighted by Crippen LogP contribution is 2.25. The average molecular weight is 293 g/mol. The number of nitrogens with one attached hydrogen (secondary N) is 2. The van der Waals surface area contributed by atoms with E-state index in [1.54, 1.807) is 43.9 Å². The molecular weight excluding hydrogens is 276 g/mol. The van der Waals surface area contributed by atoms with Gasteiger partial charge in [-0.05, 0) is 45.2 Å². The molecule has 0 atom stereocenters. The molecule has 0 aliphatic rings. The van der Waals surface area contributed by atoms with Crippen molar-refractivity contribution in [3.63, 3.8) is 0 Å². The first-order valence-electron chi connectivity index (χ1n) is 6.24. The maximum Gasteiger partial charge on any atom is 0.244 e. The summed E-state index contributed by atoms with van der Waals surface area (Å²) >= 11 is 6.01. The number of hydrogen-bond acceptors (Lipinski definition) is 3. The lowest BCUT2D eigenvalue weighted by atomic mass is 10.0. The Morgan fingerprint density at radius 1 is 1.40 bits per heavy atom. The summed E-state index contributed by atoms with van der Waals surface area (Å²) in [6, 6.07) is 7.11. The summed E-state index contributed by atoms with van der Waals surface area (Å²) in [4.78, 5) is 12.3. The number of anilines is 1. The van der Waals surface area contributed by atoms with Gasteiger partial charge in [0.2, 0.25) is 5.91 Å². The van der Waals surface area contributed by atoms with E-state index in [0.29, 0.717) is 10.7 Å². The predicted molar refractivity (Wildman–Crippen MR) is 80.3 cm³/mol. The van der Waals surface area contributed by atoms with Gasteiger partial charge >= 0.3 is 0 Å². The van der Waals surface area contributed by atoms with Crippen molar-refractivity contribution in [2.24, 2.45) is 0 Å². The van der Waals surface area contributed by atoms with Crippen LogP contribution in [0.15, 0.2) is 36.7 Å². The van der Waals surface area contributed by atoms with E-state index in [9.17, 15) is 4.79 Å². The molecule has 1 amide bonds. The van der Waals surface area contributed by atoms with E-state index in [2.05, 4.69) is 15.7 Å². The van der Waals surface area contributed by atoms with Crippen LogP contribution in [0.25, 0.3) is 5.69 Å². The predicted octanol–water partition coefficient (Wildman–Crippen LogP) is 2.46. The van der Waals surface area contributed by atoms with Crippen LogP contribution in [0.1, 0.15) is 13.8 Å². The monoisotopic (exact) mass is 292 g/mol. The van der Waals surface area contributed by atoms with Crippen LogP contribution in [0.2, 0.25) is 5.02 Å². The molecule has 0 saturated carbocycles. The van der Waals surface area contributed by atoms with Gasteiger partial charge in [-0.3, -0.25) is 4.79 Å². The van der Waals surface area contributed by atoms with E-state index < -0.39 is 5.54 Å². The highest BCUT2D eigenvalue weighted by atomic mass is 35.5. The lowest BCUT2D eigenvalue weighted by molar-refractivity contribution is -0.121. The fourth-order valence-electron chi connectivity index (χ4n) is 1.61. The molecular formula is C14H17ClN4O. The van der Waals surface area contributed by atoms with E-state index in [-0.39, 0.29) is 5.91 Å². The normalized spacial score (nSPS) is 11.4. The minimum atomic E-state index is -0.677. The molecule has 1 aromatic heterocycles. The maximum atomic E-state index is 12.3. The molecule has 20 heavy (non-hydrogen) atoms. The molecule has 0 radical (unpaired) electrons. The second-order valence-electron chi connectivity index (χ2n) is 4.94. The van der Waals surface area contributed by atoms with Crippen LogP contribution in [-0.2, 0) is 4.79 Å². The summed E-state index contributed by atoms with van der Waals surface area (Å²) in [5.74, 6) is -0.143. The number of benzene rings is 1. The van der Waals surface area contributed by atoms with Gasteiger partial charge in [-0.15, -0.1) is 0 Å². The quantitative estimate of drug-likeness (QED) is 0.910. The lowest BCUT2D eigenvalue weighted by Gasteiger charge is -2.23. The van der Waals surface area contributed by atoms with Gasteiger partial charge in [0, 0.05) is 17.4 Å². The van der Waals surface area contributed by atoms with Crippen molar-refractivity contribution in [1.29, 1.82) is 0 Å². The maximum absolute atomic E-state index is 12.3. The summed E-state index contributed by atoms with van der Waals surface area (Å²) in [5, 5.41) is 10.6. The van der Waals surface area contributed by atoms with Crippen molar-refractivity contribution in [3.05, 3.63) is 41.7 Å². The second kappa shape index (κ2) is 5.64. The van der Waals surface area contributed by atoms with Crippen LogP contribution in [0.3, 0.4) is 0 Å². The number of aromatic nitrogens is 2. The van der Waals surface area contributed by atoms with Crippen molar-refractivity contribution >= 4 is 23.2 Å². The molecule has 1 heterocycles. The molecule has 2 N–H and O–H groups in total. The summed E-state index contributed by atoms with van der Waals surface area (Å²) in [6.07, 6.45) is 3.49. The summed E-state index contributed by atoms with van der Waals surface area (Å²) in [5.41, 5.74) is 0.707. The topological polar surface area (TPSA) is 59.0 Å². The Hall–Kier alpha value is -1.85. The van der Waals surface area contributed by atoms with Crippen LogP contribution in [-0.4, -0.2) is 28.3 Å². The van der Waals surface area contributed by atoms with Gasteiger partial charge < -0.3 is 10.6 Å². The molecule has 2 rings (SSSR count). The van der Waals surface area contributed by atoms with E-state index in [1.807, 2.05) is 18.3 Å². The summed E-state index contributed by atoms with van der Waals surface area (Å²) < 4.78 is 1.68. The second-order valence-corrected chi connectivity index (χ2v) is 5.38. The van der Waals surface area contributed by atoms with Gasteiger partial charge in [0.05, 0.1) is 16.9 Å². The SMILES string of the molecule is CNC(C)(C)C(=O)Nc1cc(Cl)ccc1-n1cccn1. The highest BCUT2D eigenvalue weighted by Gasteiger charge is 2.26. The van der Waals surface area contributed by atoms with Gasteiger partial charge in [-0.25, -0.2) is 4.68 Å². The Morgan fingerprint density at radius 2 is 2.15 bits per heavy atom. The number of halogens is 1. The number of rotatable bonds is 4.